The molecule has 0 aromatic carbocycles. The van der Waals surface area contributed by atoms with Crippen molar-refractivity contribution >= 4 is 21.4 Å². The molecule has 0 radical (unpaired) electrons. The number of nitrogens with one attached hydrogen (secondary N) is 1. The molecule has 90 valence electrons. The number of pyridine rings is 1. The molecule has 0 amide bonds. The molecule has 0 bridgehead atoms. The summed E-state index contributed by atoms with van der Waals surface area (Å²) < 4.78 is 30.5. The average Bonchev–Trinajstić information content (AvgIpc) is 2.21. The molecule has 0 aliphatic heterocycles. The van der Waals surface area contributed by atoms with Gasteiger partial charge in [0.1, 0.15) is 0 Å². The maximum Gasteiger partial charge on any atom is 0.235 e. The Bertz CT molecular complexity index is 433. The summed E-state index contributed by atoms with van der Waals surface area (Å²) in [6.07, 6.45) is 2.86. The highest BCUT2D eigenvalue weighted by Gasteiger charge is 2.11. The molecule has 1 heterocycles. The summed E-state index contributed by atoms with van der Waals surface area (Å²) in [7, 11) is -3.41. The van der Waals surface area contributed by atoms with Crippen LogP contribution in [0.15, 0.2) is 18.5 Å². The van der Waals surface area contributed by atoms with Gasteiger partial charge in [0.05, 0.1) is 29.9 Å². The maximum atomic E-state index is 11.6. The third kappa shape index (κ3) is 4.03. The highest BCUT2D eigenvalue weighted by Crippen LogP contribution is 2.16. The van der Waals surface area contributed by atoms with Crippen molar-refractivity contribution in [3.8, 4) is 0 Å². The summed E-state index contributed by atoms with van der Waals surface area (Å²) >= 11 is 0. The minimum absolute atomic E-state index is 0.0946. The van der Waals surface area contributed by atoms with Crippen LogP contribution >= 0.6 is 0 Å². The van der Waals surface area contributed by atoms with Crippen LogP contribution in [0.1, 0.15) is 6.92 Å². The third-order valence-corrected chi connectivity index (χ3v) is 3.05. The van der Waals surface area contributed by atoms with Crippen LogP contribution in [-0.4, -0.2) is 32.4 Å². The normalized spacial score (nSPS) is 11.3. The van der Waals surface area contributed by atoms with Crippen molar-refractivity contribution in [2.75, 3.05) is 29.4 Å². The number of nitrogen functional groups attached to an aromatic ring is 1. The van der Waals surface area contributed by atoms with Crippen LogP contribution in [0, 0.1) is 0 Å². The second-order valence-electron chi connectivity index (χ2n) is 3.08. The van der Waals surface area contributed by atoms with Crippen LogP contribution in [0.2, 0.25) is 0 Å². The first-order chi connectivity index (χ1) is 7.55. The van der Waals surface area contributed by atoms with Crippen LogP contribution in [0.25, 0.3) is 0 Å². The number of rotatable bonds is 6. The van der Waals surface area contributed by atoms with Crippen molar-refractivity contribution in [3.05, 3.63) is 18.5 Å². The molecule has 0 aliphatic rings. The van der Waals surface area contributed by atoms with Gasteiger partial charge in [-0.05, 0) is 13.0 Å². The number of aromatic nitrogens is 1. The Labute approximate surface area is 94.9 Å². The maximum absolute atomic E-state index is 11.6. The van der Waals surface area contributed by atoms with E-state index in [1.807, 2.05) is 0 Å². The Hall–Kier alpha value is -1.34. The molecule has 7 heteroatoms. The molecule has 0 fully saturated rings. The van der Waals surface area contributed by atoms with Gasteiger partial charge in [-0.2, -0.15) is 0 Å². The van der Waals surface area contributed by atoms with Crippen molar-refractivity contribution in [2.45, 2.75) is 6.92 Å². The standard InChI is InChI=1S/C9H15N3O3S/c1-2-15-5-6-16(13,14)12-9-3-4-11-7-8(9)10/h3-4,7H,2,5-6,10H2,1H3,(H,11,12). The van der Waals surface area contributed by atoms with Gasteiger partial charge in [-0.25, -0.2) is 8.42 Å². The highest BCUT2D eigenvalue weighted by atomic mass is 32.2. The summed E-state index contributed by atoms with van der Waals surface area (Å²) in [4.78, 5) is 3.77. The largest absolute Gasteiger partial charge is 0.396 e. The van der Waals surface area contributed by atoms with Gasteiger partial charge in [0.25, 0.3) is 0 Å². The predicted octanol–water partition coefficient (Wildman–Crippen LogP) is 0.442. The van der Waals surface area contributed by atoms with E-state index in [9.17, 15) is 8.42 Å². The van der Waals surface area contributed by atoms with Gasteiger partial charge in [0, 0.05) is 12.8 Å². The van der Waals surface area contributed by atoms with E-state index >= 15 is 0 Å². The molecule has 1 aromatic rings. The predicted molar refractivity (Wildman–Crippen MR) is 62.6 cm³/mol. The van der Waals surface area contributed by atoms with Gasteiger partial charge in [0.15, 0.2) is 0 Å². The first-order valence-electron chi connectivity index (χ1n) is 4.83. The summed E-state index contributed by atoms with van der Waals surface area (Å²) in [5.74, 6) is -0.0946. The number of sulfonamides is 1. The average molecular weight is 245 g/mol. The zero-order chi connectivity index (χ0) is 12.0. The van der Waals surface area contributed by atoms with Gasteiger partial charge in [-0.15, -0.1) is 0 Å². The van der Waals surface area contributed by atoms with Crippen LogP contribution < -0.4 is 10.5 Å². The zero-order valence-corrected chi connectivity index (χ0v) is 9.83. The van der Waals surface area contributed by atoms with Crippen molar-refractivity contribution in [1.29, 1.82) is 0 Å². The van der Waals surface area contributed by atoms with Crippen LogP contribution in [-0.2, 0) is 14.8 Å². The molecular weight excluding hydrogens is 230 g/mol. The quantitative estimate of drug-likeness (QED) is 0.709. The fourth-order valence-corrected chi connectivity index (χ4v) is 1.99. The third-order valence-electron chi connectivity index (χ3n) is 1.82. The number of nitrogens with zero attached hydrogens (tertiary/aromatic N) is 1. The SMILES string of the molecule is CCOCCS(=O)(=O)Nc1ccncc1N. The van der Waals surface area contributed by atoms with E-state index in [1.54, 1.807) is 6.92 Å². The van der Waals surface area contributed by atoms with Gasteiger partial charge < -0.3 is 10.5 Å². The number of hydrogen-bond acceptors (Lipinski definition) is 5. The fourth-order valence-electron chi connectivity index (χ4n) is 1.03. The number of hydrogen-bond donors (Lipinski definition) is 2. The summed E-state index contributed by atoms with van der Waals surface area (Å²) in [5.41, 5.74) is 6.20. The molecule has 0 saturated heterocycles. The number of ether oxygens (including phenoxy) is 1. The lowest BCUT2D eigenvalue weighted by Crippen LogP contribution is -2.20. The van der Waals surface area contributed by atoms with E-state index in [-0.39, 0.29) is 12.4 Å². The molecular formula is C9H15N3O3S. The molecule has 1 rings (SSSR count). The molecule has 0 unspecified atom stereocenters. The Kier molecular flexibility index (Phi) is 4.51. The molecule has 0 spiro atoms. The number of nitrogens with two attached hydrogens (primary N) is 1. The van der Waals surface area contributed by atoms with Crippen LogP contribution in [0.5, 0.6) is 0 Å². The summed E-state index contributed by atoms with van der Waals surface area (Å²) in [5, 5.41) is 0. The van der Waals surface area contributed by atoms with E-state index in [2.05, 4.69) is 9.71 Å². The second kappa shape index (κ2) is 5.66. The van der Waals surface area contributed by atoms with Crippen molar-refractivity contribution < 1.29 is 13.2 Å². The summed E-state index contributed by atoms with van der Waals surface area (Å²) in [6.45, 7) is 2.46. The lowest BCUT2D eigenvalue weighted by atomic mass is 10.4. The van der Waals surface area contributed by atoms with Crippen LogP contribution in [0.3, 0.4) is 0 Å². The smallest absolute Gasteiger partial charge is 0.235 e. The van der Waals surface area contributed by atoms with E-state index in [0.29, 0.717) is 18.0 Å². The lowest BCUT2D eigenvalue weighted by molar-refractivity contribution is 0.163. The second-order valence-corrected chi connectivity index (χ2v) is 4.92. The Morgan fingerprint density at radius 3 is 2.94 bits per heavy atom. The van der Waals surface area contributed by atoms with E-state index in [0.717, 1.165) is 0 Å². The molecule has 0 atom stereocenters. The Balaban J connectivity index is 2.63. The van der Waals surface area contributed by atoms with Gasteiger partial charge in [-0.1, -0.05) is 0 Å². The first kappa shape index (κ1) is 12.7. The van der Waals surface area contributed by atoms with Crippen molar-refractivity contribution in [1.82, 2.24) is 4.98 Å². The molecule has 6 nitrogen and oxygen atoms in total. The van der Waals surface area contributed by atoms with E-state index in [1.165, 1.54) is 18.5 Å². The fraction of sp³-hybridized carbons (Fsp3) is 0.444. The van der Waals surface area contributed by atoms with Crippen molar-refractivity contribution in [3.63, 3.8) is 0 Å². The number of anilines is 2. The minimum Gasteiger partial charge on any atom is -0.396 e. The molecule has 0 aliphatic carbocycles. The van der Waals surface area contributed by atoms with Gasteiger partial charge in [-0.3, -0.25) is 9.71 Å². The summed E-state index contributed by atoms with van der Waals surface area (Å²) in [6, 6.07) is 1.51. The van der Waals surface area contributed by atoms with Gasteiger partial charge in [0.2, 0.25) is 10.0 Å². The van der Waals surface area contributed by atoms with E-state index in [4.69, 9.17) is 10.5 Å². The van der Waals surface area contributed by atoms with E-state index < -0.39 is 10.0 Å². The minimum atomic E-state index is -3.41. The first-order valence-corrected chi connectivity index (χ1v) is 6.48. The molecule has 1 aromatic heterocycles. The van der Waals surface area contributed by atoms with Crippen LogP contribution in [0.4, 0.5) is 11.4 Å². The highest BCUT2D eigenvalue weighted by molar-refractivity contribution is 7.92. The lowest BCUT2D eigenvalue weighted by Gasteiger charge is -2.09. The topological polar surface area (TPSA) is 94.3 Å². The monoisotopic (exact) mass is 245 g/mol. The Morgan fingerprint density at radius 1 is 1.56 bits per heavy atom. The van der Waals surface area contributed by atoms with Crippen molar-refractivity contribution in [2.24, 2.45) is 0 Å². The molecule has 0 saturated carbocycles. The zero-order valence-electron chi connectivity index (χ0n) is 9.01. The molecule has 3 N–H and O–H groups in total. The van der Waals surface area contributed by atoms with Gasteiger partial charge >= 0.3 is 0 Å². The Morgan fingerprint density at radius 2 is 2.31 bits per heavy atom. The molecule has 16 heavy (non-hydrogen) atoms.